The fraction of sp³-hybridized carbons (Fsp3) is 0.692. The molecule has 3 rings (SSSR count). The van der Waals surface area contributed by atoms with Crippen LogP contribution in [0.5, 0.6) is 0 Å². The van der Waals surface area contributed by atoms with Crippen LogP contribution in [-0.4, -0.2) is 27.1 Å². The topological polar surface area (TPSA) is 30.9 Å². The Kier molecular flexibility index (Phi) is 3.73. The molecule has 0 bridgehead atoms. The highest BCUT2D eigenvalue weighted by Crippen LogP contribution is 2.31. The molecule has 0 amide bonds. The van der Waals surface area contributed by atoms with Crippen LogP contribution in [0.3, 0.4) is 0 Å². The van der Waals surface area contributed by atoms with Crippen LogP contribution in [0.2, 0.25) is 0 Å². The molecule has 1 aliphatic heterocycles. The van der Waals surface area contributed by atoms with Gasteiger partial charge in [0, 0.05) is 47.0 Å². The van der Waals surface area contributed by atoms with Crippen molar-refractivity contribution in [2.24, 2.45) is 5.73 Å². The summed E-state index contributed by atoms with van der Waals surface area (Å²) in [6.45, 7) is 1.18. The lowest BCUT2D eigenvalue weighted by molar-refractivity contribution is 0.539. The van der Waals surface area contributed by atoms with Gasteiger partial charge in [-0.3, -0.25) is 0 Å². The minimum absolute atomic E-state index is 0.286. The Balaban J connectivity index is 1.74. The maximum atomic E-state index is 6.17. The van der Waals surface area contributed by atoms with E-state index in [1.165, 1.54) is 47.9 Å². The summed E-state index contributed by atoms with van der Waals surface area (Å²) in [6, 6.07) is 2.54. The highest BCUT2D eigenvalue weighted by molar-refractivity contribution is 8.06. The molecular formula is C13H20N2S2. The average Bonchev–Trinajstić information content (AvgIpc) is 2.76. The SMILES string of the molecule is NC1CCCc2c1ccn2CC1CSCCS1. The maximum absolute atomic E-state index is 6.17. The summed E-state index contributed by atoms with van der Waals surface area (Å²) in [6.07, 6.45) is 5.89. The molecule has 4 heteroatoms. The number of hydrogen-bond acceptors (Lipinski definition) is 3. The Morgan fingerprint density at radius 3 is 3.18 bits per heavy atom. The molecule has 2 nitrogen and oxygen atoms in total. The minimum Gasteiger partial charge on any atom is -0.350 e. The van der Waals surface area contributed by atoms with Gasteiger partial charge in [-0.1, -0.05) is 0 Å². The normalized spacial score (nSPS) is 29.0. The molecular weight excluding hydrogens is 248 g/mol. The number of fused-ring (bicyclic) bond motifs is 1. The highest BCUT2D eigenvalue weighted by atomic mass is 32.2. The van der Waals surface area contributed by atoms with Crippen LogP contribution in [0.25, 0.3) is 0 Å². The number of nitrogens with two attached hydrogens (primary N) is 1. The summed E-state index contributed by atoms with van der Waals surface area (Å²) in [7, 11) is 0. The van der Waals surface area contributed by atoms with Crippen LogP contribution in [0, 0.1) is 0 Å². The molecule has 0 radical (unpaired) electrons. The smallest absolute Gasteiger partial charge is 0.0349 e. The number of aromatic nitrogens is 1. The van der Waals surface area contributed by atoms with E-state index in [2.05, 4.69) is 40.4 Å². The van der Waals surface area contributed by atoms with Gasteiger partial charge >= 0.3 is 0 Å². The average molecular weight is 268 g/mol. The van der Waals surface area contributed by atoms with Crippen molar-refractivity contribution in [2.45, 2.75) is 37.1 Å². The molecule has 2 unspecified atom stereocenters. The van der Waals surface area contributed by atoms with Crippen molar-refractivity contribution < 1.29 is 0 Å². The van der Waals surface area contributed by atoms with Gasteiger partial charge in [0.05, 0.1) is 0 Å². The van der Waals surface area contributed by atoms with Gasteiger partial charge in [0.1, 0.15) is 0 Å². The van der Waals surface area contributed by atoms with Crippen molar-refractivity contribution in [3.05, 3.63) is 23.5 Å². The van der Waals surface area contributed by atoms with E-state index in [9.17, 15) is 0 Å². The monoisotopic (exact) mass is 268 g/mol. The second kappa shape index (κ2) is 5.29. The lowest BCUT2D eigenvalue weighted by Gasteiger charge is -2.25. The first-order chi connectivity index (χ1) is 8.34. The standard InChI is InChI=1S/C13H20N2S2/c14-12-2-1-3-13-11(12)4-5-15(13)8-10-9-16-6-7-17-10/h4-5,10,12H,1-3,6-9,14H2. The molecule has 0 aromatic carbocycles. The first-order valence-corrected chi connectivity index (χ1v) is 8.68. The van der Waals surface area contributed by atoms with Crippen LogP contribution in [-0.2, 0) is 13.0 Å². The molecule has 0 spiro atoms. The fourth-order valence-electron chi connectivity index (χ4n) is 2.83. The van der Waals surface area contributed by atoms with Gasteiger partial charge in [0.15, 0.2) is 0 Å². The number of thioether (sulfide) groups is 2. The van der Waals surface area contributed by atoms with Crippen molar-refractivity contribution >= 4 is 23.5 Å². The van der Waals surface area contributed by atoms with E-state index in [4.69, 9.17) is 5.73 Å². The predicted molar refractivity (Wildman–Crippen MR) is 77.9 cm³/mol. The van der Waals surface area contributed by atoms with E-state index in [0.717, 1.165) is 11.7 Å². The van der Waals surface area contributed by atoms with Crippen LogP contribution in [0.4, 0.5) is 0 Å². The highest BCUT2D eigenvalue weighted by Gasteiger charge is 2.22. The van der Waals surface area contributed by atoms with E-state index in [1.807, 2.05) is 0 Å². The first kappa shape index (κ1) is 12.0. The molecule has 17 heavy (non-hydrogen) atoms. The molecule has 94 valence electrons. The van der Waals surface area contributed by atoms with Crippen LogP contribution in [0.1, 0.15) is 30.1 Å². The Bertz CT molecular complexity index is 383. The summed E-state index contributed by atoms with van der Waals surface area (Å²) in [5.41, 5.74) is 9.09. The van der Waals surface area contributed by atoms with Crippen molar-refractivity contribution in [1.29, 1.82) is 0 Å². The van der Waals surface area contributed by atoms with Gasteiger partial charge in [0.25, 0.3) is 0 Å². The van der Waals surface area contributed by atoms with Crippen LogP contribution >= 0.6 is 23.5 Å². The molecule has 2 atom stereocenters. The molecule has 1 aromatic rings. The van der Waals surface area contributed by atoms with E-state index < -0.39 is 0 Å². The Labute approximate surface area is 112 Å². The van der Waals surface area contributed by atoms with E-state index in [0.29, 0.717) is 0 Å². The molecule has 1 aromatic heterocycles. The van der Waals surface area contributed by atoms with Crippen molar-refractivity contribution in [2.75, 3.05) is 17.3 Å². The summed E-state index contributed by atoms with van der Waals surface area (Å²) >= 11 is 4.24. The summed E-state index contributed by atoms with van der Waals surface area (Å²) in [4.78, 5) is 0. The molecule has 0 saturated carbocycles. The Hall–Kier alpha value is -0.0600. The zero-order chi connectivity index (χ0) is 11.7. The van der Waals surface area contributed by atoms with Gasteiger partial charge in [-0.15, -0.1) is 0 Å². The van der Waals surface area contributed by atoms with Crippen molar-refractivity contribution in [3.63, 3.8) is 0 Å². The Morgan fingerprint density at radius 1 is 1.41 bits per heavy atom. The predicted octanol–water partition coefficient (Wildman–Crippen LogP) is 2.67. The fourth-order valence-corrected chi connectivity index (χ4v) is 5.49. The quantitative estimate of drug-likeness (QED) is 0.894. The van der Waals surface area contributed by atoms with Crippen molar-refractivity contribution in [1.82, 2.24) is 4.57 Å². The lowest BCUT2D eigenvalue weighted by atomic mass is 9.94. The number of nitrogens with zero attached hydrogens (tertiary/aromatic N) is 1. The molecule has 2 aliphatic rings. The van der Waals surface area contributed by atoms with Gasteiger partial charge in [-0.2, -0.15) is 23.5 Å². The van der Waals surface area contributed by atoms with Crippen LogP contribution < -0.4 is 5.73 Å². The molecule has 1 aliphatic carbocycles. The second-order valence-corrected chi connectivity index (χ2v) is 7.49. The second-order valence-electron chi connectivity index (χ2n) is 4.94. The third kappa shape index (κ3) is 2.54. The zero-order valence-corrected chi connectivity index (χ0v) is 11.7. The first-order valence-electron chi connectivity index (χ1n) is 6.47. The van der Waals surface area contributed by atoms with E-state index >= 15 is 0 Å². The van der Waals surface area contributed by atoms with E-state index in [-0.39, 0.29) is 6.04 Å². The molecule has 2 heterocycles. The third-order valence-electron chi connectivity index (χ3n) is 3.73. The minimum atomic E-state index is 0.286. The van der Waals surface area contributed by atoms with Crippen LogP contribution in [0.15, 0.2) is 12.3 Å². The summed E-state index contributed by atoms with van der Waals surface area (Å²) in [5, 5.41) is 0.795. The van der Waals surface area contributed by atoms with Crippen molar-refractivity contribution in [3.8, 4) is 0 Å². The van der Waals surface area contributed by atoms with Gasteiger partial charge < -0.3 is 10.3 Å². The zero-order valence-electron chi connectivity index (χ0n) is 10.1. The maximum Gasteiger partial charge on any atom is 0.0349 e. The number of hydrogen-bond donors (Lipinski definition) is 1. The molecule has 1 fully saturated rings. The largest absolute Gasteiger partial charge is 0.350 e. The lowest BCUT2D eigenvalue weighted by Crippen LogP contribution is -2.23. The van der Waals surface area contributed by atoms with Gasteiger partial charge in [0.2, 0.25) is 0 Å². The molecule has 2 N–H and O–H groups in total. The van der Waals surface area contributed by atoms with Gasteiger partial charge in [-0.25, -0.2) is 0 Å². The van der Waals surface area contributed by atoms with E-state index in [1.54, 1.807) is 0 Å². The summed E-state index contributed by atoms with van der Waals surface area (Å²) in [5.74, 6) is 3.96. The number of rotatable bonds is 2. The third-order valence-corrected chi connectivity index (χ3v) is 6.55. The summed E-state index contributed by atoms with van der Waals surface area (Å²) < 4.78 is 2.47. The molecule has 1 saturated heterocycles. The Morgan fingerprint density at radius 2 is 2.35 bits per heavy atom. The van der Waals surface area contributed by atoms with Gasteiger partial charge in [-0.05, 0) is 30.9 Å².